The lowest BCUT2D eigenvalue weighted by Gasteiger charge is -2.23. The maximum absolute atomic E-state index is 13.2. The summed E-state index contributed by atoms with van der Waals surface area (Å²) in [5.41, 5.74) is -0.145. The van der Waals surface area contributed by atoms with Crippen LogP contribution in [0.25, 0.3) is 0 Å². The Morgan fingerprint density at radius 2 is 1.95 bits per heavy atom. The number of nitrogens with one attached hydrogen (secondary N) is 1. The van der Waals surface area contributed by atoms with Gasteiger partial charge in [-0.15, -0.1) is 0 Å². The van der Waals surface area contributed by atoms with Gasteiger partial charge in [0.2, 0.25) is 0 Å². The minimum absolute atomic E-state index is 0.149. The van der Waals surface area contributed by atoms with Crippen LogP contribution in [0.5, 0.6) is 0 Å². The number of epoxide rings is 1. The van der Waals surface area contributed by atoms with E-state index in [0.29, 0.717) is 12.2 Å². The molecule has 21 heavy (non-hydrogen) atoms. The van der Waals surface area contributed by atoms with Crippen molar-refractivity contribution in [3.8, 4) is 0 Å². The van der Waals surface area contributed by atoms with Crippen LogP contribution in [-0.2, 0) is 15.9 Å². The molecule has 1 fully saturated rings. The summed E-state index contributed by atoms with van der Waals surface area (Å²) in [5, 5.41) is 2.69. The van der Waals surface area contributed by atoms with E-state index in [9.17, 15) is 13.6 Å². The zero-order valence-corrected chi connectivity index (χ0v) is 12.3. The van der Waals surface area contributed by atoms with Gasteiger partial charge >= 0.3 is 6.09 Å². The minimum atomic E-state index is -0.641. The molecule has 1 aromatic rings. The van der Waals surface area contributed by atoms with E-state index < -0.39 is 23.3 Å². The first-order valence-corrected chi connectivity index (χ1v) is 6.79. The molecular weight excluding hydrogens is 280 g/mol. The molecular formula is C15H19F2NO3. The molecule has 1 aliphatic rings. The number of hydrogen-bond acceptors (Lipinski definition) is 3. The monoisotopic (exact) mass is 299 g/mol. The highest BCUT2D eigenvalue weighted by Gasteiger charge is 2.35. The molecule has 1 saturated heterocycles. The topological polar surface area (TPSA) is 50.9 Å². The highest BCUT2D eigenvalue weighted by Crippen LogP contribution is 2.20. The number of benzene rings is 1. The van der Waals surface area contributed by atoms with Crippen LogP contribution in [0.15, 0.2) is 18.2 Å². The molecule has 0 aromatic heterocycles. The van der Waals surface area contributed by atoms with Gasteiger partial charge in [0.1, 0.15) is 23.3 Å². The molecule has 1 aliphatic heterocycles. The molecule has 0 saturated carbocycles. The predicted molar refractivity (Wildman–Crippen MR) is 73.0 cm³/mol. The van der Waals surface area contributed by atoms with Crippen LogP contribution in [0.4, 0.5) is 13.6 Å². The quantitative estimate of drug-likeness (QED) is 0.870. The third kappa shape index (κ3) is 5.30. The fourth-order valence-electron chi connectivity index (χ4n) is 2.00. The van der Waals surface area contributed by atoms with Crippen LogP contribution in [0.1, 0.15) is 26.3 Å². The molecule has 4 nitrogen and oxygen atoms in total. The lowest BCUT2D eigenvalue weighted by molar-refractivity contribution is 0.0495. The number of hydrogen-bond donors (Lipinski definition) is 1. The van der Waals surface area contributed by atoms with Crippen LogP contribution in [0.3, 0.4) is 0 Å². The van der Waals surface area contributed by atoms with Gasteiger partial charge in [-0.1, -0.05) is 0 Å². The third-order valence-electron chi connectivity index (χ3n) is 2.89. The van der Waals surface area contributed by atoms with Crippen molar-refractivity contribution in [3.05, 3.63) is 35.4 Å². The lowest BCUT2D eigenvalue weighted by atomic mass is 10.0. The van der Waals surface area contributed by atoms with Gasteiger partial charge in [-0.05, 0) is 44.9 Å². The molecule has 1 amide bonds. The molecule has 2 atom stereocenters. The summed E-state index contributed by atoms with van der Waals surface area (Å²) in [4.78, 5) is 11.8. The summed E-state index contributed by atoms with van der Waals surface area (Å²) < 4.78 is 36.7. The van der Waals surface area contributed by atoms with Crippen molar-refractivity contribution in [2.24, 2.45) is 0 Å². The Bertz CT molecular complexity index is 504. The zero-order valence-electron chi connectivity index (χ0n) is 12.3. The SMILES string of the molecule is CC(C)(C)OC(=O)N[C@@H](Cc1cc(F)cc(F)c1)C1CO1. The molecule has 1 aromatic carbocycles. The first kappa shape index (κ1) is 15.7. The van der Waals surface area contributed by atoms with Crippen molar-refractivity contribution >= 4 is 6.09 Å². The molecule has 0 radical (unpaired) electrons. The van der Waals surface area contributed by atoms with E-state index >= 15 is 0 Å². The van der Waals surface area contributed by atoms with Gasteiger partial charge in [0, 0.05) is 6.07 Å². The molecule has 6 heteroatoms. The highest BCUT2D eigenvalue weighted by molar-refractivity contribution is 5.68. The van der Waals surface area contributed by atoms with E-state index in [2.05, 4.69) is 5.32 Å². The zero-order chi connectivity index (χ0) is 15.6. The lowest BCUT2D eigenvalue weighted by Crippen LogP contribution is -2.43. The number of carbonyl (C=O) groups is 1. The van der Waals surface area contributed by atoms with Gasteiger partial charge in [0.25, 0.3) is 0 Å². The number of carbonyl (C=O) groups excluding carboxylic acids is 1. The molecule has 0 spiro atoms. The molecule has 2 rings (SSSR count). The molecule has 0 aliphatic carbocycles. The fraction of sp³-hybridized carbons (Fsp3) is 0.533. The van der Waals surface area contributed by atoms with E-state index in [1.807, 2.05) is 0 Å². The van der Waals surface area contributed by atoms with Gasteiger partial charge in [-0.3, -0.25) is 0 Å². The van der Waals surface area contributed by atoms with Crippen LogP contribution < -0.4 is 5.32 Å². The first-order valence-electron chi connectivity index (χ1n) is 6.79. The summed E-state index contributed by atoms with van der Waals surface area (Å²) in [5.74, 6) is -1.28. The molecule has 1 heterocycles. The van der Waals surface area contributed by atoms with Crippen molar-refractivity contribution in [3.63, 3.8) is 0 Å². The van der Waals surface area contributed by atoms with Crippen LogP contribution in [0.2, 0.25) is 0 Å². The van der Waals surface area contributed by atoms with E-state index in [1.165, 1.54) is 12.1 Å². The number of rotatable bonds is 4. The van der Waals surface area contributed by atoms with E-state index in [1.54, 1.807) is 20.8 Å². The van der Waals surface area contributed by atoms with Crippen LogP contribution in [-0.4, -0.2) is 30.4 Å². The summed E-state index contributed by atoms with van der Waals surface area (Å²) in [7, 11) is 0. The van der Waals surface area contributed by atoms with Crippen molar-refractivity contribution < 1.29 is 23.0 Å². The summed E-state index contributed by atoms with van der Waals surface area (Å²) in [6.07, 6.45) is -0.442. The second-order valence-electron chi connectivity index (χ2n) is 6.11. The number of amides is 1. The minimum Gasteiger partial charge on any atom is -0.444 e. The smallest absolute Gasteiger partial charge is 0.407 e. The Labute approximate surface area is 122 Å². The maximum atomic E-state index is 13.2. The second-order valence-corrected chi connectivity index (χ2v) is 6.11. The predicted octanol–water partition coefficient (Wildman–Crippen LogP) is 2.80. The van der Waals surface area contributed by atoms with Gasteiger partial charge in [0.05, 0.1) is 12.6 Å². The van der Waals surface area contributed by atoms with Crippen LogP contribution >= 0.6 is 0 Å². The number of halogens is 2. The average molecular weight is 299 g/mol. The van der Waals surface area contributed by atoms with Gasteiger partial charge in [0.15, 0.2) is 0 Å². The largest absolute Gasteiger partial charge is 0.444 e. The van der Waals surface area contributed by atoms with E-state index in [-0.39, 0.29) is 18.6 Å². The molecule has 1 N–H and O–H groups in total. The average Bonchev–Trinajstić information content (AvgIpc) is 3.06. The Kier molecular flexibility index (Phi) is 4.46. The first-order chi connectivity index (χ1) is 9.73. The molecule has 116 valence electrons. The van der Waals surface area contributed by atoms with Gasteiger partial charge < -0.3 is 14.8 Å². The number of ether oxygens (including phenoxy) is 2. The summed E-state index contributed by atoms with van der Waals surface area (Å²) in [6, 6.07) is 2.93. The van der Waals surface area contributed by atoms with Crippen molar-refractivity contribution in [1.29, 1.82) is 0 Å². The van der Waals surface area contributed by atoms with Crippen molar-refractivity contribution in [1.82, 2.24) is 5.32 Å². The highest BCUT2D eigenvalue weighted by atomic mass is 19.1. The van der Waals surface area contributed by atoms with Crippen molar-refractivity contribution in [2.75, 3.05) is 6.61 Å². The summed E-state index contributed by atoms with van der Waals surface area (Å²) >= 11 is 0. The standard InChI is InChI=1S/C15H19F2NO3/c1-15(2,3)21-14(19)18-12(13-8-20-13)6-9-4-10(16)7-11(17)5-9/h4-5,7,12-13H,6,8H2,1-3H3,(H,18,19)/t12-,13?/m0/s1. The Hall–Kier alpha value is -1.69. The van der Waals surface area contributed by atoms with E-state index in [4.69, 9.17) is 9.47 Å². The third-order valence-corrected chi connectivity index (χ3v) is 2.89. The Morgan fingerprint density at radius 3 is 2.43 bits per heavy atom. The van der Waals surface area contributed by atoms with E-state index in [0.717, 1.165) is 6.07 Å². The van der Waals surface area contributed by atoms with Crippen molar-refractivity contribution in [2.45, 2.75) is 44.9 Å². The molecule has 0 bridgehead atoms. The van der Waals surface area contributed by atoms with Crippen LogP contribution in [0, 0.1) is 11.6 Å². The Morgan fingerprint density at radius 1 is 1.38 bits per heavy atom. The van der Waals surface area contributed by atoms with Gasteiger partial charge in [-0.25, -0.2) is 13.6 Å². The normalized spacial score (nSPS) is 19.0. The molecule has 1 unspecified atom stereocenters. The van der Waals surface area contributed by atoms with Gasteiger partial charge in [-0.2, -0.15) is 0 Å². The number of alkyl carbamates (subject to hydrolysis) is 1. The fourth-order valence-corrected chi connectivity index (χ4v) is 2.00. The Balaban J connectivity index is 2.01. The second kappa shape index (κ2) is 5.97. The maximum Gasteiger partial charge on any atom is 0.407 e. The summed E-state index contributed by atoms with van der Waals surface area (Å²) in [6.45, 7) is 5.80.